The van der Waals surface area contributed by atoms with E-state index in [0.717, 1.165) is 22.6 Å². The molecule has 2 nitrogen and oxygen atoms in total. The summed E-state index contributed by atoms with van der Waals surface area (Å²) < 4.78 is 1.01. The monoisotopic (exact) mass is 324 g/mol. The normalized spacial score (nSPS) is 10.9. The minimum atomic E-state index is 0.782. The van der Waals surface area contributed by atoms with E-state index in [1.54, 1.807) is 6.20 Å². The molecule has 2 rings (SSSR count). The van der Waals surface area contributed by atoms with Gasteiger partial charge in [-0.05, 0) is 52.3 Å². The summed E-state index contributed by atoms with van der Waals surface area (Å²) in [5.74, 6) is 0. The summed E-state index contributed by atoms with van der Waals surface area (Å²) in [5.41, 5.74) is 2.40. The molecule has 0 spiro atoms. The molecule has 0 unspecified atom stereocenters. The Hall–Kier alpha value is -0.900. The number of hydrogen-bond acceptors (Lipinski definition) is 2. The molecule has 1 aromatic heterocycles. The largest absolute Gasteiger partial charge is 0.298 e. The van der Waals surface area contributed by atoms with Crippen molar-refractivity contribution < 1.29 is 0 Å². The van der Waals surface area contributed by atoms with Gasteiger partial charge in [-0.1, -0.05) is 23.7 Å². The number of benzene rings is 1. The minimum absolute atomic E-state index is 0.782. The highest BCUT2D eigenvalue weighted by Crippen LogP contribution is 2.15. The van der Waals surface area contributed by atoms with Crippen molar-refractivity contribution in [2.45, 2.75) is 13.1 Å². The molecule has 0 aliphatic carbocycles. The van der Waals surface area contributed by atoms with Crippen molar-refractivity contribution in [2.24, 2.45) is 0 Å². The molecule has 0 atom stereocenters. The van der Waals surface area contributed by atoms with E-state index in [1.165, 1.54) is 11.1 Å². The van der Waals surface area contributed by atoms with Crippen LogP contribution in [0.2, 0.25) is 5.02 Å². The highest BCUT2D eigenvalue weighted by atomic mass is 79.9. The fourth-order valence-corrected chi connectivity index (χ4v) is 2.48. The number of rotatable bonds is 4. The predicted molar refractivity (Wildman–Crippen MR) is 78.6 cm³/mol. The molecule has 0 saturated carbocycles. The number of aromatic nitrogens is 1. The number of hydrogen-bond donors (Lipinski definition) is 0. The lowest BCUT2D eigenvalue weighted by molar-refractivity contribution is 0.318. The third kappa shape index (κ3) is 4.09. The highest BCUT2D eigenvalue weighted by molar-refractivity contribution is 9.10. The van der Waals surface area contributed by atoms with Crippen molar-refractivity contribution in [1.29, 1.82) is 0 Å². The minimum Gasteiger partial charge on any atom is -0.298 e. The molecule has 0 N–H and O–H groups in total. The standard InChI is InChI=1S/C14H14BrClN2/c1-18(9-11-3-2-4-14(16)6-11)10-12-5-13(15)8-17-7-12/h2-8H,9-10H2,1H3. The van der Waals surface area contributed by atoms with Crippen LogP contribution in [0.3, 0.4) is 0 Å². The first-order valence-corrected chi connectivity index (χ1v) is 6.83. The summed E-state index contributed by atoms with van der Waals surface area (Å²) in [6.45, 7) is 1.73. The zero-order valence-electron chi connectivity index (χ0n) is 10.1. The van der Waals surface area contributed by atoms with E-state index < -0.39 is 0 Å². The zero-order chi connectivity index (χ0) is 13.0. The molecule has 0 saturated heterocycles. The van der Waals surface area contributed by atoms with Crippen molar-refractivity contribution >= 4 is 27.5 Å². The van der Waals surface area contributed by atoms with E-state index in [4.69, 9.17) is 11.6 Å². The molecule has 0 bridgehead atoms. The Labute approximate surface area is 121 Å². The molecule has 94 valence electrons. The van der Waals surface area contributed by atoms with Crippen LogP contribution in [0.1, 0.15) is 11.1 Å². The average molecular weight is 326 g/mol. The first-order chi connectivity index (χ1) is 8.63. The van der Waals surface area contributed by atoms with Crippen LogP contribution in [0.15, 0.2) is 47.2 Å². The molecule has 0 aliphatic rings. The van der Waals surface area contributed by atoms with Crippen LogP contribution < -0.4 is 0 Å². The number of halogens is 2. The Morgan fingerprint density at radius 1 is 1.17 bits per heavy atom. The summed E-state index contributed by atoms with van der Waals surface area (Å²) in [6.07, 6.45) is 3.68. The van der Waals surface area contributed by atoms with E-state index in [-0.39, 0.29) is 0 Å². The summed E-state index contributed by atoms with van der Waals surface area (Å²) in [5, 5.41) is 0.782. The van der Waals surface area contributed by atoms with Gasteiger partial charge in [0.05, 0.1) is 0 Å². The molecule has 1 heterocycles. The Morgan fingerprint density at radius 2 is 1.94 bits per heavy atom. The van der Waals surface area contributed by atoms with Crippen molar-refractivity contribution in [1.82, 2.24) is 9.88 Å². The van der Waals surface area contributed by atoms with E-state index in [9.17, 15) is 0 Å². The Kier molecular flexibility index (Phi) is 4.75. The average Bonchev–Trinajstić information content (AvgIpc) is 2.28. The quantitative estimate of drug-likeness (QED) is 0.840. The highest BCUT2D eigenvalue weighted by Gasteiger charge is 2.03. The molecular formula is C14H14BrClN2. The third-order valence-electron chi connectivity index (χ3n) is 2.56. The van der Waals surface area contributed by atoms with Gasteiger partial charge in [0.1, 0.15) is 0 Å². The second-order valence-electron chi connectivity index (χ2n) is 4.31. The van der Waals surface area contributed by atoms with Crippen LogP contribution in [0, 0.1) is 0 Å². The van der Waals surface area contributed by atoms with Crippen LogP contribution >= 0.6 is 27.5 Å². The van der Waals surface area contributed by atoms with Gasteiger partial charge in [-0.15, -0.1) is 0 Å². The molecule has 2 aromatic rings. The van der Waals surface area contributed by atoms with Gasteiger partial charge in [0, 0.05) is 35.0 Å². The maximum atomic E-state index is 5.97. The van der Waals surface area contributed by atoms with Crippen molar-refractivity contribution in [3.8, 4) is 0 Å². The lowest BCUT2D eigenvalue weighted by Gasteiger charge is -2.16. The molecule has 1 aromatic carbocycles. The Balaban J connectivity index is 1.98. The summed E-state index contributed by atoms with van der Waals surface area (Å²) in [4.78, 5) is 6.40. The molecule has 0 aliphatic heterocycles. The van der Waals surface area contributed by atoms with Crippen LogP contribution in [-0.2, 0) is 13.1 Å². The molecular weight excluding hydrogens is 312 g/mol. The molecule has 0 amide bonds. The number of pyridine rings is 1. The SMILES string of the molecule is CN(Cc1cccc(Cl)c1)Cc1cncc(Br)c1. The van der Waals surface area contributed by atoms with E-state index >= 15 is 0 Å². The second kappa shape index (κ2) is 6.32. The smallest absolute Gasteiger partial charge is 0.0410 e. The lowest BCUT2D eigenvalue weighted by atomic mass is 10.2. The fraction of sp³-hybridized carbons (Fsp3) is 0.214. The second-order valence-corrected chi connectivity index (χ2v) is 5.67. The van der Waals surface area contributed by atoms with Crippen LogP contribution in [-0.4, -0.2) is 16.9 Å². The van der Waals surface area contributed by atoms with Crippen LogP contribution in [0.25, 0.3) is 0 Å². The maximum Gasteiger partial charge on any atom is 0.0410 e. The summed E-state index contributed by atoms with van der Waals surface area (Å²) >= 11 is 9.40. The third-order valence-corrected chi connectivity index (χ3v) is 3.22. The van der Waals surface area contributed by atoms with Gasteiger partial charge in [0.2, 0.25) is 0 Å². The van der Waals surface area contributed by atoms with E-state index in [1.807, 2.05) is 24.4 Å². The fourth-order valence-electron chi connectivity index (χ4n) is 1.86. The van der Waals surface area contributed by atoms with Gasteiger partial charge in [-0.25, -0.2) is 0 Å². The summed E-state index contributed by atoms with van der Waals surface area (Å²) in [7, 11) is 2.09. The van der Waals surface area contributed by atoms with E-state index in [0.29, 0.717) is 0 Å². The van der Waals surface area contributed by atoms with Gasteiger partial charge in [-0.2, -0.15) is 0 Å². The first kappa shape index (κ1) is 13.5. The lowest BCUT2D eigenvalue weighted by Crippen LogP contribution is -2.17. The van der Waals surface area contributed by atoms with Crippen molar-refractivity contribution in [2.75, 3.05) is 7.05 Å². The van der Waals surface area contributed by atoms with Crippen molar-refractivity contribution in [3.05, 3.63) is 63.3 Å². The Morgan fingerprint density at radius 3 is 2.67 bits per heavy atom. The van der Waals surface area contributed by atoms with Crippen molar-refractivity contribution in [3.63, 3.8) is 0 Å². The van der Waals surface area contributed by atoms with Crippen LogP contribution in [0.4, 0.5) is 0 Å². The van der Waals surface area contributed by atoms with Gasteiger partial charge in [0.25, 0.3) is 0 Å². The van der Waals surface area contributed by atoms with Gasteiger partial charge in [0.15, 0.2) is 0 Å². The zero-order valence-corrected chi connectivity index (χ0v) is 12.4. The first-order valence-electron chi connectivity index (χ1n) is 5.66. The molecule has 0 fully saturated rings. The molecule has 0 radical (unpaired) electrons. The van der Waals surface area contributed by atoms with Crippen LogP contribution in [0.5, 0.6) is 0 Å². The molecule has 4 heteroatoms. The van der Waals surface area contributed by atoms with Gasteiger partial charge in [-0.3, -0.25) is 9.88 Å². The maximum absolute atomic E-state index is 5.97. The van der Waals surface area contributed by atoms with E-state index in [2.05, 4.69) is 45.0 Å². The predicted octanol–water partition coefficient (Wildman–Crippen LogP) is 4.13. The number of nitrogens with zero attached hydrogens (tertiary/aromatic N) is 2. The Bertz CT molecular complexity index is 483. The van der Waals surface area contributed by atoms with Gasteiger partial charge >= 0.3 is 0 Å². The molecule has 18 heavy (non-hydrogen) atoms. The summed E-state index contributed by atoms with van der Waals surface area (Å²) in [6, 6.07) is 10.0. The van der Waals surface area contributed by atoms with Gasteiger partial charge < -0.3 is 0 Å². The topological polar surface area (TPSA) is 16.1 Å².